The third kappa shape index (κ3) is 6.88. The highest BCUT2D eigenvalue weighted by Crippen LogP contribution is 2.38. The Morgan fingerprint density at radius 2 is 0.833 bits per heavy atom. The average molecular weight is 782 g/mol. The molecule has 0 atom stereocenters. The van der Waals surface area contributed by atoms with Gasteiger partial charge in [-0.1, -0.05) is 30.3 Å². The Bertz CT molecular complexity index is 3190. The van der Waals surface area contributed by atoms with Crippen molar-refractivity contribution in [3.8, 4) is 44.5 Å². The molecule has 0 aliphatic carbocycles. The molecule has 0 radical (unpaired) electrons. The molecule has 6 aromatic heterocycles. The summed E-state index contributed by atoms with van der Waals surface area (Å²) in [5.74, 6) is -0.161. The van der Waals surface area contributed by atoms with Gasteiger partial charge in [0.15, 0.2) is 37.2 Å². The van der Waals surface area contributed by atoms with Crippen LogP contribution in [0.3, 0.4) is 0 Å². The van der Waals surface area contributed by atoms with Gasteiger partial charge in [0, 0.05) is 90.5 Å². The summed E-state index contributed by atoms with van der Waals surface area (Å²) >= 11 is 0. The van der Waals surface area contributed by atoms with Crippen molar-refractivity contribution in [1.29, 1.82) is 0 Å². The summed E-state index contributed by atoms with van der Waals surface area (Å²) in [6.45, 7) is 0. The van der Waals surface area contributed by atoms with Crippen LogP contribution in [0.1, 0.15) is 33.1 Å². The zero-order chi connectivity index (χ0) is 40.7. The number of benzene rings is 2. The molecule has 9 heteroatoms. The largest absolute Gasteiger partial charge is 0.354 e. The first kappa shape index (κ1) is 36.3. The Morgan fingerprint density at radius 3 is 1.22 bits per heavy atom. The first-order valence-electron chi connectivity index (χ1n) is 19.8. The second-order valence-corrected chi connectivity index (χ2v) is 15.2. The van der Waals surface area contributed by atoms with Crippen molar-refractivity contribution < 1.29 is 18.5 Å². The summed E-state index contributed by atoms with van der Waals surface area (Å²) in [6.07, 6.45) is 20.9. The van der Waals surface area contributed by atoms with Crippen molar-refractivity contribution in [2.45, 2.75) is 0 Å². The molecule has 8 bridgehead atoms. The molecule has 3 N–H and O–H groups in total. The molecule has 60 heavy (non-hydrogen) atoms. The van der Waals surface area contributed by atoms with Crippen molar-refractivity contribution in [3.63, 3.8) is 0 Å². The molecular weight excluding hydrogens is 741 g/mol. The number of nitrogens with zero attached hydrogens (tertiary/aromatic N) is 5. The normalized spacial score (nSPS) is 11.8. The summed E-state index contributed by atoms with van der Waals surface area (Å²) < 4.78 is 6.18. The summed E-state index contributed by atoms with van der Waals surface area (Å²) in [5, 5.41) is 3.05. The Kier molecular flexibility index (Phi) is 9.10. The molecule has 0 saturated carbocycles. The second kappa shape index (κ2) is 15.0. The maximum absolute atomic E-state index is 13.1. The van der Waals surface area contributed by atoms with E-state index in [0.717, 1.165) is 89.4 Å². The highest BCUT2D eigenvalue weighted by Gasteiger charge is 2.21. The zero-order valence-corrected chi connectivity index (χ0v) is 33.4. The molecule has 0 saturated heterocycles. The van der Waals surface area contributed by atoms with Crippen LogP contribution >= 0.6 is 0 Å². The van der Waals surface area contributed by atoms with E-state index in [4.69, 9.17) is 9.97 Å². The van der Waals surface area contributed by atoms with Gasteiger partial charge in [-0.25, -0.2) is 23.7 Å². The smallest absolute Gasteiger partial charge is 0.255 e. The van der Waals surface area contributed by atoms with E-state index < -0.39 is 0 Å². The highest BCUT2D eigenvalue weighted by atomic mass is 16.1. The minimum absolute atomic E-state index is 0.161. The highest BCUT2D eigenvalue weighted by molar-refractivity contribution is 6.05. The minimum Gasteiger partial charge on any atom is -0.354 e. The number of carbonyl (C=O) groups excluding carboxylic acids is 1. The molecule has 2 aliphatic heterocycles. The number of anilines is 1. The molecule has 1 amide bonds. The molecule has 0 unspecified atom stereocenters. The predicted molar refractivity (Wildman–Crippen MR) is 239 cm³/mol. The lowest BCUT2D eigenvalue weighted by Crippen LogP contribution is -2.26. The van der Waals surface area contributed by atoms with Crippen LogP contribution in [0.5, 0.6) is 0 Å². The SMILES string of the molecule is C[n+]1cccc(-c2c3nc(c(-c4ccc[n+](C)c4)c4ccc([nH]4)c(-c4ccc[n+](C)c4)c4nc(c(-c5ccc(NC(=O)c6ccccc6)cc5)c5ccc2[nH]5)C=C4)C=C3)c1. The Hall–Kier alpha value is -8.04. The number of H-pyrrole nitrogens is 2. The number of fused-ring (bicyclic) bond motifs is 8. The Labute approximate surface area is 347 Å². The number of nitrogens with one attached hydrogen (secondary N) is 3. The summed E-state index contributed by atoms with van der Waals surface area (Å²) in [6, 6.07) is 38.3. The van der Waals surface area contributed by atoms with Crippen LogP contribution in [0.25, 0.3) is 90.9 Å². The molecule has 0 fully saturated rings. The van der Waals surface area contributed by atoms with Gasteiger partial charge < -0.3 is 15.3 Å². The van der Waals surface area contributed by atoms with E-state index in [9.17, 15) is 4.79 Å². The van der Waals surface area contributed by atoms with Gasteiger partial charge in [0.1, 0.15) is 21.1 Å². The molecule has 10 rings (SSSR count). The van der Waals surface area contributed by atoms with Gasteiger partial charge in [0.25, 0.3) is 5.91 Å². The minimum atomic E-state index is -0.161. The molecule has 9 nitrogen and oxygen atoms in total. The van der Waals surface area contributed by atoms with E-state index in [1.54, 1.807) is 0 Å². The third-order valence-corrected chi connectivity index (χ3v) is 10.9. The average Bonchev–Trinajstić information content (AvgIpc) is 4.10. The molecule has 0 spiro atoms. The standard InChI is InChI=1S/C51H40N8O/c1-57-27-7-12-35(30-57)48-41-21-19-39(53-41)47(33-15-17-38(18-16-33)52-51(60)34-10-5-4-6-11-34)40-20-22-42(54-40)49(36-13-8-28-58(2)31-36)44-24-26-46(56-44)50(45-25-23-43(48)55-45)37-14-9-29-59(3)32-37/h4-32H,1-3H3,(H2-,52,53,54,55,56,60)/q+2/p+1. The molecule has 2 aromatic carbocycles. The Balaban J connectivity index is 1.29. The number of hydrogen-bond acceptors (Lipinski definition) is 3. The fourth-order valence-corrected chi connectivity index (χ4v) is 8.14. The van der Waals surface area contributed by atoms with E-state index in [1.807, 2.05) is 94.3 Å². The summed E-state index contributed by atoms with van der Waals surface area (Å²) in [5.41, 5.74) is 16.2. The first-order valence-corrected chi connectivity index (χ1v) is 19.8. The van der Waals surface area contributed by atoms with Gasteiger partial charge in [-0.3, -0.25) is 4.79 Å². The van der Waals surface area contributed by atoms with Crippen LogP contribution in [-0.2, 0) is 21.1 Å². The monoisotopic (exact) mass is 781 g/mol. The van der Waals surface area contributed by atoms with Crippen LogP contribution in [0.15, 0.2) is 152 Å². The van der Waals surface area contributed by atoms with Crippen molar-refractivity contribution in [2.75, 3.05) is 5.32 Å². The number of amides is 1. The zero-order valence-electron chi connectivity index (χ0n) is 33.4. The number of aromatic amines is 2. The van der Waals surface area contributed by atoms with Gasteiger partial charge >= 0.3 is 0 Å². The van der Waals surface area contributed by atoms with Crippen LogP contribution in [0, 0.1) is 0 Å². The van der Waals surface area contributed by atoms with Crippen LogP contribution in [0.2, 0.25) is 0 Å². The summed E-state index contributed by atoms with van der Waals surface area (Å²) in [7, 11) is 6.10. The quantitative estimate of drug-likeness (QED) is 0.147. The third-order valence-electron chi connectivity index (χ3n) is 10.9. The molecule has 2 aliphatic rings. The summed E-state index contributed by atoms with van der Waals surface area (Å²) in [4.78, 5) is 31.5. The van der Waals surface area contributed by atoms with Gasteiger partial charge in [0.2, 0.25) is 0 Å². The fraction of sp³-hybridized carbons (Fsp3) is 0.0588. The van der Waals surface area contributed by atoms with Crippen molar-refractivity contribution in [2.24, 2.45) is 21.1 Å². The maximum Gasteiger partial charge on any atom is 0.255 e. The second-order valence-electron chi connectivity index (χ2n) is 15.2. The van der Waals surface area contributed by atoms with Crippen LogP contribution in [-0.4, -0.2) is 25.8 Å². The molecule has 8 aromatic rings. The van der Waals surface area contributed by atoms with E-state index in [-0.39, 0.29) is 5.91 Å². The predicted octanol–water partition coefficient (Wildman–Crippen LogP) is 9.05. The number of hydrogen-bond donors (Lipinski definition) is 3. The van der Waals surface area contributed by atoms with E-state index in [2.05, 4.69) is 133 Å². The van der Waals surface area contributed by atoms with Crippen molar-refractivity contribution in [1.82, 2.24) is 19.9 Å². The number of aromatic nitrogens is 7. The van der Waals surface area contributed by atoms with Gasteiger partial charge in [-0.05, 0) is 96.6 Å². The lowest BCUT2D eigenvalue weighted by molar-refractivity contribution is -0.671. The maximum atomic E-state index is 13.1. The fourth-order valence-electron chi connectivity index (χ4n) is 8.14. The van der Waals surface area contributed by atoms with E-state index in [0.29, 0.717) is 11.3 Å². The molecular formula is C51H41N8O+3. The number of aryl methyl sites for hydroxylation is 3. The van der Waals surface area contributed by atoms with E-state index in [1.165, 1.54) is 0 Å². The van der Waals surface area contributed by atoms with Gasteiger partial charge in [0.05, 0.1) is 22.8 Å². The van der Waals surface area contributed by atoms with Gasteiger partial charge in [-0.2, -0.15) is 0 Å². The lowest BCUT2D eigenvalue weighted by atomic mass is 10.0. The number of pyridine rings is 3. The molecule has 8 heterocycles. The van der Waals surface area contributed by atoms with Gasteiger partial charge in [-0.15, -0.1) is 0 Å². The first-order chi connectivity index (χ1) is 29.3. The Morgan fingerprint density at radius 1 is 0.450 bits per heavy atom. The number of rotatable bonds is 6. The van der Waals surface area contributed by atoms with E-state index >= 15 is 0 Å². The molecule has 288 valence electrons. The topological polar surface area (TPSA) is 98.1 Å². The number of carbonyl (C=O) groups is 1. The van der Waals surface area contributed by atoms with Crippen LogP contribution in [0.4, 0.5) is 5.69 Å². The van der Waals surface area contributed by atoms with Crippen molar-refractivity contribution in [3.05, 3.63) is 181 Å². The van der Waals surface area contributed by atoms with Crippen LogP contribution < -0.4 is 19.0 Å². The van der Waals surface area contributed by atoms with Crippen molar-refractivity contribution >= 4 is 58.0 Å². The lowest BCUT2D eigenvalue weighted by Gasteiger charge is -2.08.